The lowest BCUT2D eigenvalue weighted by molar-refractivity contribution is -0.188. The average molecular weight is 416 g/mol. The van der Waals surface area contributed by atoms with Gasteiger partial charge >= 0.3 is 6.11 Å². The van der Waals surface area contributed by atoms with Crippen LogP contribution in [-0.2, 0) is 4.74 Å². The number of halogens is 4. The summed E-state index contributed by atoms with van der Waals surface area (Å²) in [4.78, 5) is 8.26. The Kier molecular flexibility index (Phi) is 5.39. The van der Waals surface area contributed by atoms with E-state index in [1.165, 1.54) is 18.3 Å². The summed E-state index contributed by atoms with van der Waals surface area (Å²) in [7, 11) is 0. The van der Waals surface area contributed by atoms with Crippen LogP contribution in [0.15, 0.2) is 71.9 Å². The highest BCUT2D eigenvalue weighted by Gasteiger charge is 2.32. The Labute approximate surface area is 169 Å². The molecule has 1 aliphatic rings. The molecule has 0 saturated carbocycles. The Morgan fingerprint density at radius 1 is 1.00 bits per heavy atom. The first-order valence-electron chi connectivity index (χ1n) is 9.10. The number of nitrogens with zero attached hydrogens (tertiary/aromatic N) is 2. The zero-order chi connectivity index (χ0) is 21.1. The standard InChI is InChI=1S/C22H16F4N2O2/c23-13-22(25,26)30-20-10-9-16(11-27-20)14-5-7-15(8-6-14)19-12-29-21(28-19)17-3-1-2-4-18(17)24/h1-11,19H,12-13H2. The van der Waals surface area contributed by atoms with Crippen LogP contribution in [-0.4, -0.2) is 30.3 Å². The fraction of sp³-hybridized carbons (Fsp3) is 0.182. The molecule has 0 N–H and O–H groups in total. The highest BCUT2D eigenvalue weighted by atomic mass is 19.3. The molecule has 4 nitrogen and oxygen atoms in total. The van der Waals surface area contributed by atoms with E-state index in [4.69, 9.17) is 4.74 Å². The maximum Gasteiger partial charge on any atom is 0.428 e. The quantitative estimate of drug-likeness (QED) is 0.509. The first-order chi connectivity index (χ1) is 14.4. The van der Waals surface area contributed by atoms with Gasteiger partial charge in [-0.1, -0.05) is 36.4 Å². The topological polar surface area (TPSA) is 43.7 Å². The highest BCUT2D eigenvalue weighted by Crippen LogP contribution is 2.29. The van der Waals surface area contributed by atoms with E-state index in [2.05, 4.69) is 14.7 Å². The maximum absolute atomic E-state index is 13.9. The van der Waals surface area contributed by atoms with Crippen molar-refractivity contribution in [2.45, 2.75) is 12.2 Å². The van der Waals surface area contributed by atoms with Crippen LogP contribution in [0.2, 0.25) is 0 Å². The van der Waals surface area contributed by atoms with E-state index < -0.39 is 18.6 Å². The van der Waals surface area contributed by atoms with Crippen LogP contribution in [0.3, 0.4) is 0 Å². The van der Waals surface area contributed by atoms with E-state index in [1.54, 1.807) is 24.3 Å². The molecular formula is C22H16F4N2O2. The maximum atomic E-state index is 13.9. The summed E-state index contributed by atoms with van der Waals surface area (Å²) in [6.07, 6.45) is -2.53. The molecular weight excluding hydrogens is 400 g/mol. The van der Waals surface area contributed by atoms with Crippen LogP contribution >= 0.6 is 0 Å². The minimum Gasteiger partial charge on any atom is -0.475 e. The predicted molar refractivity (Wildman–Crippen MR) is 103 cm³/mol. The van der Waals surface area contributed by atoms with Crippen LogP contribution in [0.4, 0.5) is 17.6 Å². The summed E-state index contributed by atoms with van der Waals surface area (Å²) in [6.45, 7) is -1.62. The Balaban J connectivity index is 1.48. The molecule has 154 valence electrons. The van der Waals surface area contributed by atoms with Gasteiger partial charge in [0.05, 0.1) is 5.56 Å². The molecule has 0 bridgehead atoms. The largest absolute Gasteiger partial charge is 0.475 e. The van der Waals surface area contributed by atoms with E-state index in [0.29, 0.717) is 17.7 Å². The fourth-order valence-corrected chi connectivity index (χ4v) is 3.02. The van der Waals surface area contributed by atoms with Crippen molar-refractivity contribution in [1.82, 2.24) is 4.98 Å². The second-order valence-corrected chi connectivity index (χ2v) is 6.62. The lowest BCUT2D eigenvalue weighted by Gasteiger charge is -2.13. The molecule has 0 aliphatic carbocycles. The van der Waals surface area contributed by atoms with Gasteiger partial charge in [0.1, 0.15) is 18.5 Å². The zero-order valence-corrected chi connectivity index (χ0v) is 15.6. The van der Waals surface area contributed by atoms with Gasteiger partial charge in [-0.3, -0.25) is 0 Å². The summed E-state index contributed by atoms with van der Waals surface area (Å²) in [5.74, 6) is -0.486. The predicted octanol–water partition coefficient (Wildman–Crippen LogP) is 5.35. The third-order valence-electron chi connectivity index (χ3n) is 4.53. The van der Waals surface area contributed by atoms with Gasteiger partial charge in [0, 0.05) is 17.8 Å². The van der Waals surface area contributed by atoms with Crippen molar-refractivity contribution in [3.05, 3.63) is 83.8 Å². The van der Waals surface area contributed by atoms with Crippen molar-refractivity contribution in [2.24, 2.45) is 4.99 Å². The molecule has 2 aromatic carbocycles. The molecule has 0 fully saturated rings. The average Bonchev–Trinajstić information content (AvgIpc) is 3.24. The van der Waals surface area contributed by atoms with Crippen molar-refractivity contribution in [3.8, 4) is 17.0 Å². The molecule has 0 saturated heterocycles. The minimum atomic E-state index is -3.90. The molecule has 0 amide bonds. The number of alkyl halides is 3. The summed E-state index contributed by atoms with van der Waals surface area (Å²) in [5, 5.41) is 0. The molecule has 2 heterocycles. The van der Waals surface area contributed by atoms with Gasteiger partial charge in [-0.2, -0.15) is 8.78 Å². The van der Waals surface area contributed by atoms with Crippen molar-refractivity contribution in [1.29, 1.82) is 0 Å². The van der Waals surface area contributed by atoms with Crippen LogP contribution in [0.25, 0.3) is 11.1 Å². The minimum absolute atomic E-state index is 0.259. The van der Waals surface area contributed by atoms with Gasteiger partial charge in [-0.25, -0.2) is 18.8 Å². The van der Waals surface area contributed by atoms with Crippen LogP contribution < -0.4 is 4.74 Å². The first-order valence-corrected chi connectivity index (χ1v) is 9.10. The first kappa shape index (κ1) is 19.9. The van der Waals surface area contributed by atoms with E-state index in [-0.39, 0.29) is 17.8 Å². The van der Waals surface area contributed by atoms with E-state index in [0.717, 1.165) is 11.1 Å². The monoisotopic (exact) mass is 416 g/mol. The second-order valence-electron chi connectivity index (χ2n) is 6.62. The Bertz CT molecular complexity index is 1050. The van der Waals surface area contributed by atoms with Gasteiger partial charge in [0.25, 0.3) is 0 Å². The third kappa shape index (κ3) is 4.27. The Morgan fingerprint density at radius 3 is 2.40 bits per heavy atom. The summed E-state index contributed by atoms with van der Waals surface area (Å²) >= 11 is 0. The molecule has 4 rings (SSSR count). The normalized spacial score (nSPS) is 16.1. The van der Waals surface area contributed by atoms with Crippen LogP contribution in [0.1, 0.15) is 17.2 Å². The molecule has 1 aliphatic heterocycles. The summed E-state index contributed by atoms with van der Waals surface area (Å²) in [5.41, 5.74) is 2.69. The van der Waals surface area contributed by atoms with Crippen LogP contribution in [0.5, 0.6) is 5.88 Å². The third-order valence-corrected chi connectivity index (χ3v) is 4.53. The zero-order valence-electron chi connectivity index (χ0n) is 15.6. The number of aromatic nitrogens is 1. The number of hydrogen-bond acceptors (Lipinski definition) is 4. The highest BCUT2D eigenvalue weighted by molar-refractivity contribution is 5.95. The molecule has 0 radical (unpaired) electrons. The van der Waals surface area contributed by atoms with Crippen molar-refractivity contribution in [2.75, 3.05) is 13.3 Å². The Hall–Kier alpha value is -3.42. The van der Waals surface area contributed by atoms with Gasteiger partial charge in [0.15, 0.2) is 6.67 Å². The van der Waals surface area contributed by atoms with Crippen LogP contribution in [0, 0.1) is 5.82 Å². The van der Waals surface area contributed by atoms with E-state index in [1.807, 2.05) is 24.3 Å². The van der Waals surface area contributed by atoms with Crippen molar-refractivity contribution in [3.63, 3.8) is 0 Å². The molecule has 1 aromatic heterocycles. The number of rotatable bonds is 6. The number of pyridine rings is 1. The van der Waals surface area contributed by atoms with Gasteiger partial charge < -0.3 is 9.47 Å². The second kappa shape index (κ2) is 8.14. The summed E-state index contributed by atoms with van der Waals surface area (Å²) < 4.78 is 61.7. The smallest absolute Gasteiger partial charge is 0.428 e. The SMILES string of the molecule is FCC(F)(F)Oc1ccc(-c2ccc(C3COC(c4ccccc4F)=N3)cc2)cn1. The van der Waals surface area contributed by atoms with Gasteiger partial charge in [0.2, 0.25) is 11.8 Å². The Morgan fingerprint density at radius 2 is 1.73 bits per heavy atom. The molecule has 1 unspecified atom stereocenters. The van der Waals surface area contributed by atoms with E-state index in [9.17, 15) is 17.6 Å². The van der Waals surface area contributed by atoms with E-state index >= 15 is 0 Å². The molecule has 0 spiro atoms. The summed E-state index contributed by atoms with van der Waals surface area (Å²) in [6, 6.07) is 16.2. The van der Waals surface area contributed by atoms with Gasteiger partial charge in [-0.15, -0.1) is 0 Å². The molecule has 3 aromatic rings. The number of hydrogen-bond donors (Lipinski definition) is 0. The lowest BCUT2D eigenvalue weighted by atomic mass is 10.0. The van der Waals surface area contributed by atoms with Gasteiger partial charge in [-0.05, 0) is 29.3 Å². The number of ether oxygens (including phenoxy) is 2. The fourth-order valence-electron chi connectivity index (χ4n) is 3.02. The lowest BCUT2D eigenvalue weighted by Crippen LogP contribution is -2.27. The number of aliphatic imine (C=N–C) groups is 1. The number of benzene rings is 2. The molecule has 1 atom stereocenters. The molecule has 8 heteroatoms. The molecule has 30 heavy (non-hydrogen) atoms. The van der Waals surface area contributed by atoms with Crippen molar-refractivity contribution >= 4 is 5.90 Å². The van der Waals surface area contributed by atoms with Crippen molar-refractivity contribution < 1.29 is 27.0 Å².